The molecule has 19 heavy (non-hydrogen) atoms. The predicted molar refractivity (Wildman–Crippen MR) is 82.0 cm³/mol. The van der Waals surface area contributed by atoms with Crippen LogP contribution in [-0.4, -0.2) is 46.5 Å². The minimum Gasteiger partial charge on any atom is -2.00 e. The summed E-state index contributed by atoms with van der Waals surface area (Å²) < 4.78 is 0. The summed E-state index contributed by atoms with van der Waals surface area (Å²) in [6.07, 6.45) is 0. The van der Waals surface area contributed by atoms with Gasteiger partial charge in [-0.2, -0.15) is 0 Å². The van der Waals surface area contributed by atoms with Gasteiger partial charge in [-0.15, -0.1) is 0 Å². The maximum atomic E-state index is 10.4. The van der Waals surface area contributed by atoms with E-state index < -0.39 is 0 Å². The Labute approximate surface area is 179 Å². The first-order chi connectivity index (χ1) is 7.44. The van der Waals surface area contributed by atoms with Gasteiger partial charge >= 0.3 is 59.1 Å². The van der Waals surface area contributed by atoms with Crippen molar-refractivity contribution in [1.82, 2.24) is 9.80 Å². The van der Waals surface area contributed by atoms with Crippen LogP contribution in [0.4, 0.5) is 9.59 Å². The van der Waals surface area contributed by atoms with Crippen molar-refractivity contribution in [2.24, 2.45) is 0 Å². The van der Waals surface area contributed by atoms with Crippen molar-refractivity contribution in [2.45, 2.75) is 27.7 Å². The molecule has 0 radical (unpaired) electrons. The third kappa shape index (κ3) is 20.0. The van der Waals surface area contributed by atoms with Gasteiger partial charge in [0.1, 0.15) is 0 Å². The molecule has 0 aromatic rings. The van der Waals surface area contributed by atoms with Gasteiger partial charge in [-0.1, -0.05) is 25.3 Å². The summed E-state index contributed by atoms with van der Waals surface area (Å²) in [7, 11) is 0. The normalized spacial score (nSPS) is 7.47. The number of hydrogen-bond acceptors (Lipinski definition) is 2. The summed E-state index contributed by atoms with van der Waals surface area (Å²) in [6, 6.07) is 0. The molecule has 0 fully saturated rings. The van der Waals surface area contributed by atoms with Crippen LogP contribution < -0.4 is 59.1 Å². The van der Waals surface area contributed by atoms with Crippen molar-refractivity contribution >= 4 is 49.2 Å². The Morgan fingerprint density at radius 3 is 0.895 bits per heavy atom. The first kappa shape index (κ1) is 32.8. The minimum absolute atomic E-state index is 0. The summed E-state index contributed by atoms with van der Waals surface area (Å²) in [5.74, 6) is 0. The Bertz CT molecular complexity index is 195. The summed E-state index contributed by atoms with van der Waals surface area (Å²) >= 11 is 7.28. The molecule has 0 N–H and O–H groups in total. The maximum absolute atomic E-state index is 10.4. The SMILES string of the molecule is CCN(CC)C(=O)S.CCN(CC)C(=O)S.[Na+].[Na+].[S-2]. The third-order valence-corrected chi connectivity index (χ3v) is 2.63. The molecule has 0 atom stereocenters. The van der Waals surface area contributed by atoms with Crippen LogP contribution in [0.15, 0.2) is 0 Å². The number of nitrogens with zero attached hydrogens (tertiary/aromatic N) is 2. The fraction of sp³-hybridized carbons (Fsp3) is 0.800. The molecule has 9 heteroatoms. The van der Waals surface area contributed by atoms with Crippen LogP contribution >= 0.6 is 25.3 Å². The first-order valence-electron chi connectivity index (χ1n) is 5.40. The maximum Gasteiger partial charge on any atom is 1.00 e. The van der Waals surface area contributed by atoms with Gasteiger partial charge in [-0.05, 0) is 27.7 Å². The van der Waals surface area contributed by atoms with Gasteiger partial charge in [0, 0.05) is 26.2 Å². The van der Waals surface area contributed by atoms with Crippen LogP contribution in [-0.2, 0) is 13.5 Å². The molecule has 0 saturated carbocycles. The Balaban J connectivity index is -0.0000000594. The predicted octanol–water partition coefficient (Wildman–Crippen LogP) is -3.24. The molecule has 0 aliphatic rings. The molecule has 0 saturated heterocycles. The zero-order valence-corrected chi connectivity index (χ0v) is 19.4. The molecule has 2 amide bonds. The second-order valence-electron chi connectivity index (χ2n) is 2.91. The van der Waals surface area contributed by atoms with Gasteiger partial charge in [0.2, 0.25) is 0 Å². The zero-order chi connectivity index (χ0) is 13.1. The van der Waals surface area contributed by atoms with E-state index >= 15 is 0 Å². The standard InChI is InChI=1S/2C5H11NOS.2Na.S/c2*1-3-6(4-2)5(7)8;;;/h2*3-4H2,1-2H3,(H,7,8);;;/q;;2*+1;-2. The van der Waals surface area contributed by atoms with Crippen LogP contribution in [0.2, 0.25) is 0 Å². The van der Waals surface area contributed by atoms with E-state index in [2.05, 4.69) is 25.3 Å². The Morgan fingerprint density at radius 1 is 0.737 bits per heavy atom. The first-order valence-corrected chi connectivity index (χ1v) is 6.29. The van der Waals surface area contributed by atoms with Crippen LogP contribution in [0.3, 0.4) is 0 Å². The number of carbonyl (C=O) groups excluding carboxylic acids is 2. The molecular weight excluding hydrogens is 322 g/mol. The topological polar surface area (TPSA) is 40.6 Å². The van der Waals surface area contributed by atoms with Crippen LogP contribution in [0.25, 0.3) is 0 Å². The van der Waals surface area contributed by atoms with Crippen molar-refractivity contribution in [3.05, 3.63) is 0 Å². The number of rotatable bonds is 4. The summed E-state index contributed by atoms with van der Waals surface area (Å²) in [6.45, 7) is 10.7. The Morgan fingerprint density at radius 2 is 0.895 bits per heavy atom. The second kappa shape index (κ2) is 22.3. The van der Waals surface area contributed by atoms with Gasteiger partial charge in [-0.3, -0.25) is 9.59 Å². The van der Waals surface area contributed by atoms with E-state index in [4.69, 9.17) is 0 Å². The van der Waals surface area contributed by atoms with Crippen molar-refractivity contribution < 1.29 is 68.7 Å². The Kier molecular flexibility index (Phi) is 38.5. The van der Waals surface area contributed by atoms with Crippen LogP contribution in [0, 0.1) is 0 Å². The summed E-state index contributed by atoms with van der Waals surface area (Å²) in [5, 5.41) is -0.287. The molecule has 0 aromatic carbocycles. The monoisotopic (exact) mass is 344 g/mol. The van der Waals surface area contributed by atoms with E-state index in [1.54, 1.807) is 9.80 Å². The minimum atomic E-state index is -0.144. The van der Waals surface area contributed by atoms with E-state index in [-0.39, 0.29) is 83.1 Å². The molecule has 0 aliphatic carbocycles. The van der Waals surface area contributed by atoms with Crippen molar-refractivity contribution in [2.75, 3.05) is 26.2 Å². The van der Waals surface area contributed by atoms with Gasteiger partial charge in [0.05, 0.1) is 0 Å². The van der Waals surface area contributed by atoms with E-state index in [0.717, 1.165) is 26.2 Å². The molecule has 0 aliphatic heterocycles. The Hall–Kier alpha value is 1.99. The summed E-state index contributed by atoms with van der Waals surface area (Å²) in [4.78, 5) is 24.1. The number of amides is 2. The fourth-order valence-corrected chi connectivity index (χ4v) is 1.55. The number of hydrogen-bond donors (Lipinski definition) is 2. The molecule has 0 heterocycles. The molecule has 0 bridgehead atoms. The molecule has 0 aromatic heterocycles. The van der Waals surface area contributed by atoms with Crippen molar-refractivity contribution in [3.8, 4) is 0 Å². The average molecular weight is 344 g/mol. The fourth-order valence-electron chi connectivity index (χ4n) is 0.988. The van der Waals surface area contributed by atoms with Crippen molar-refractivity contribution in [1.29, 1.82) is 0 Å². The molecular formula is C10H22N2Na2O2S3. The van der Waals surface area contributed by atoms with E-state index in [1.165, 1.54) is 0 Å². The molecule has 0 spiro atoms. The zero-order valence-electron chi connectivity index (χ0n) is 12.8. The van der Waals surface area contributed by atoms with Gasteiger partial charge in [0.25, 0.3) is 10.5 Å². The molecule has 104 valence electrons. The smallest absolute Gasteiger partial charge is 1.00 e. The quantitative estimate of drug-likeness (QED) is 0.416. The largest absolute Gasteiger partial charge is 2.00 e. The van der Waals surface area contributed by atoms with Crippen LogP contribution in [0.1, 0.15) is 27.7 Å². The third-order valence-electron chi connectivity index (χ3n) is 2.07. The molecule has 0 unspecified atom stereocenters. The van der Waals surface area contributed by atoms with Crippen molar-refractivity contribution in [3.63, 3.8) is 0 Å². The van der Waals surface area contributed by atoms with Crippen LogP contribution in [0.5, 0.6) is 0 Å². The number of carbonyl (C=O) groups is 2. The second-order valence-corrected chi connectivity index (χ2v) is 3.67. The van der Waals surface area contributed by atoms with E-state index in [9.17, 15) is 9.59 Å². The molecule has 4 nitrogen and oxygen atoms in total. The van der Waals surface area contributed by atoms with Gasteiger partial charge in [-0.25, -0.2) is 0 Å². The summed E-state index contributed by atoms with van der Waals surface area (Å²) in [5.41, 5.74) is 0. The van der Waals surface area contributed by atoms with E-state index in [0.29, 0.717) is 0 Å². The van der Waals surface area contributed by atoms with E-state index in [1.807, 2.05) is 27.7 Å². The average Bonchev–Trinajstić information content (AvgIpc) is 2.21. The van der Waals surface area contributed by atoms with Gasteiger partial charge < -0.3 is 23.3 Å². The number of thiol groups is 2. The molecule has 0 rings (SSSR count). The van der Waals surface area contributed by atoms with Gasteiger partial charge in [0.15, 0.2) is 0 Å².